The van der Waals surface area contributed by atoms with Gasteiger partial charge in [0.2, 0.25) is 0 Å². The second kappa shape index (κ2) is 24.1. The lowest BCUT2D eigenvalue weighted by molar-refractivity contribution is -0.951. The third-order valence-corrected chi connectivity index (χ3v) is 9.44. The lowest BCUT2D eigenvalue weighted by Gasteiger charge is -2.50. The first-order chi connectivity index (χ1) is 18.5. The van der Waals surface area contributed by atoms with Crippen molar-refractivity contribution in [3.63, 3.8) is 0 Å². The van der Waals surface area contributed by atoms with Crippen molar-refractivity contribution in [1.82, 2.24) is 0 Å². The van der Waals surface area contributed by atoms with Crippen LogP contribution in [-0.4, -0.2) is 25.1 Å². The fourth-order valence-corrected chi connectivity index (χ4v) is 6.74. The van der Waals surface area contributed by atoms with Gasteiger partial charge in [-0.1, -0.05) is 148 Å². The second-order valence-electron chi connectivity index (χ2n) is 13.0. The maximum absolute atomic E-state index is 2.57. The Bertz CT molecular complexity index is 659. The standard InChI is InChI=1S/C37H70N.ClH/c1-7-11-15-16-17-18-19-20-21-22-23-24-25-28-34-38(5,6)37(32-13-9-3,33-14-10-4)36-31-27-26-30-35(36)29-12-8-2;/h26-27,30-31H,7-25,28-29,32-34H2,1-6H3;1H/q+1;/p-1. The first kappa shape index (κ1) is 38.5. The number of hydrogen-bond acceptors (Lipinski definition) is 0. The van der Waals surface area contributed by atoms with E-state index in [1.165, 1.54) is 154 Å². The summed E-state index contributed by atoms with van der Waals surface area (Å²) in [7, 11) is 5.15. The molecule has 0 saturated heterocycles. The van der Waals surface area contributed by atoms with Crippen LogP contribution >= 0.6 is 0 Å². The third kappa shape index (κ3) is 14.8. The molecule has 2 heteroatoms. The zero-order valence-corrected chi connectivity index (χ0v) is 28.4. The molecule has 39 heavy (non-hydrogen) atoms. The van der Waals surface area contributed by atoms with Gasteiger partial charge in [0.05, 0.1) is 20.6 Å². The fourth-order valence-electron chi connectivity index (χ4n) is 6.74. The highest BCUT2D eigenvalue weighted by atomic mass is 35.5. The molecule has 0 N–H and O–H groups in total. The normalized spacial score (nSPS) is 12.1. The number of hydrogen-bond donors (Lipinski definition) is 0. The van der Waals surface area contributed by atoms with E-state index in [-0.39, 0.29) is 17.9 Å². The summed E-state index contributed by atoms with van der Waals surface area (Å²) in [5.74, 6) is 0. The van der Waals surface area contributed by atoms with Crippen molar-refractivity contribution < 1.29 is 16.9 Å². The van der Waals surface area contributed by atoms with E-state index in [4.69, 9.17) is 0 Å². The molecule has 0 atom stereocenters. The molecule has 1 aromatic carbocycles. The molecule has 0 unspecified atom stereocenters. The van der Waals surface area contributed by atoms with E-state index < -0.39 is 0 Å². The highest BCUT2D eigenvalue weighted by Crippen LogP contribution is 2.44. The van der Waals surface area contributed by atoms with E-state index >= 15 is 0 Å². The predicted octanol–water partition coefficient (Wildman–Crippen LogP) is 9.17. The van der Waals surface area contributed by atoms with Crippen LogP contribution < -0.4 is 12.4 Å². The van der Waals surface area contributed by atoms with E-state index in [9.17, 15) is 0 Å². The smallest absolute Gasteiger partial charge is 0.125 e. The van der Waals surface area contributed by atoms with E-state index in [0.29, 0.717) is 0 Å². The summed E-state index contributed by atoms with van der Waals surface area (Å²) in [6.07, 6.45) is 31.9. The van der Waals surface area contributed by atoms with E-state index in [1.807, 2.05) is 0 Å². The Labute approximate surface area is 253 Å². The average molecular weight is 564 g/mol. The Morgan fingerprint density at radius 3 is 1.38 bits per heavy atom. The molecule has 0 aromatic heterocycles. The molecule has 0 aliphatic heterocycles. The molecule has 1 nitrogen and oxygen atoms in total. The zero-order valence-electron chi connectivity index (χ0n) is 27.6. The summed E-state index contributed by atoms with van der Waals surface area (Å²) in [5.41, 5.74) is 3.58. The van der Waals surface area contributed by atoms with Crippen molar-refractivity contribution in [2.75, 3.05) is 20.6 Å². The molecular weight excluding hydrogens is 494 g/mol. The Kier molecular flexibility index (Phi) is 23.8. The van der Waals surface area contributed by atoms with Gasteiger partial charge in [0, 0.05) is 18.4 Å². The van der Waals surface area contributed by atoms with Crippen LogP contribution in [0.25, 0.3) is 0 Å². The van der Waals surface area contributed by atoms with Gasteiger partial charge in [0.1, 0.15) is 5.54 Å². The molecule has 0 radical (unpaired) electrons. The predicted molar refractivity (Wildman–Crippen MR) is 173 cm³/mol. The van der Waals surface area contributed by atoms with Crippen LogP contribution in [0.15, 0.2) is 24.3 Å². The SMILES string of the molecule is CCCCCCCCCCCCCCCC[N+](C)(C)C(CCCC)(CCCC)c1ccccc1CCCC.[Cl-]. The maximum atomic E-state index is 2.57. The topological polar surface area (TPSA) is 0 Å². The third-order valence-electron chi connectivity index (χ3n) is 9.44. The number of quaternary nitrogens is 1. The summed E-state index contributed by atoms with van der Waals surface area (Å²) >= 11 is 0. The molecule has 0 bridgehead atoms. The molecule has 0 amide bonds. The monoisotopic (exact) mass is 564 g/mol. The minimum absolute atomic E-state index is 0. The highest BCUT2D eigenvalue weighted by molar-refractivity contribution is 5.33. The van der Waals surface area contributed by atoms with E-state index in [2.05, 4.69) is 66.1 Å². The van der Waals surface area contributed by atoms with Gasteiger partial charge in [0.25, 0.3) is 0 Å². The number of unbranched alkanes of at least 4 members (excludes halogenated alkanes) is 16. The summed E-state index contributed by atoms with van der Waals surface area (Å²) in [5, 5.41) is 0. The van der Waals surface area contributed by atoms with Crippen LogP contribution in [0.3, 0.4) is 0 Å². The summed E-state index contributed by atoms with van der Waals surface area (Å²) in [6.45, 7) is 10.7. The van der Waals surface area contributed by atoms with Crippen molar-refractivity contribution in [3.05, 3.63) is 35.4 Å². The van der Waals surface area contributed by atoms with Gasteiger partial charge in [-0.15, -0.1) is 0 Å². The van der Waals surface area contributed by atoms with Crippen LogP contribution in [0.1, 0.15) is 180 Å². The second-order valence-corrected chi connectivity index (χ2v) is 13.0. The fraction of sp³-hybridized carbons (Fsp3) is 0.838. The van der Waals surface area contributed by atoms with Crippen LogP contribution in [0.5, 0.6) is 0 Å². The Balaban J connectivity index is 0.0000144. The first-order valence-corrected chi connectivity index (χ1v) is 17.4. The average Bonchev–Trinajstić information content (AvgIpc) is 2.92. The van der Waals surface area contributed by atoms with Crippen molar-refractivity contribution in [3.8, 4) is 0 Å². The van der Waals surface area contributed by atoms with Crippen molar-refractivity contribution in [1.29, 1.82) is 0 Å². The van der Waals surface area contributed by atoms with Crippen molar-refractivity contribution in [2.45, 2.75) is 181 Å². The summed E-state index contributed by atoms with van der Waals surface area (Å²) in [6, 6.07) is 9.57. The van der Waals surface area contributed by atoms with Crippen LogP contribution in [0.2, 0.25) is 0 Å². The molecule has 1 rings (SSSR count). The van der Waals surface area contributed by atoms with Gasteiger partial charge >= 0.3 is 0 Å². The number of benzene rings is 1. The molecule has 0 fully saturated rings. The van der Waals surface area contributed by atoms with Gasteiger partial charge in [-0.05, 0) is 44.1 Å². The van der Waals surface area contributed by atoms with E-state index in [1.54, 1.807) is 11.1 Å². The highest BCUT2D eigenvalue weighted by Gasteiger charge is 2.46. The van der Waals surface area contributed by atoms with Crippen molar-refractivity contribution >= 4 is 0 Å². The molecule has 0 spiro atoms. The van der Waals surface area contributed by atoms with Crippen LogP contribution in [0.4, 0.5) is 0 Å². The Hall–Kier alpha value is -0.530. The van der Waals surface area contributed by atoms with Gasteiger partial charge in [0.15, 0.2) is 0 Å². The first-order valence-electron chi connectivity index (χ1n) is 17.4. The maximum Gasteiger partial charge on any atom is 0.125 e. The van der Waals surface area contributed by atoms with Gasteiger partial charge in [-0.2, -0.15) is 0 Å². The summed E-state index contributed by atoms with van der Waals surface area (Å²) < 4.78 is 1.16. The quantitative estimate of drug-likeness (QED) is 0.0778. The molecule has 0 heterocycles. The van der Waals surface area contributed by atoms with Gasteiger partial charge in [-0.3, -0.25) is 0 Å². The number of nitrogens with zero attached hydrogens (tertiary/aromatic N) is 1. The number of halogens is 1. The van der Waals surface area contributed by atoms with Crippen LogP contribution in [0, 0.1) is 0 Å². The van der Waals surface area contributed by atoms with Crippen molar-refractivity contribution in [2.24, 2.45) is 0 Å². The molecule has 1 aromatic rings. The lowest BCUT2D eigenvalue weighted by atomic mass is 9.75. The minimum atomic E-state index is 0. The molecule has 0 saturated carbocycles. The van der Waals surface area contributed by atoms with E-state index in [0.717, 1.165) is 4.48 Å². The molecule has 0 aliphatic carbocycles. The lowest BCUT2D eigenvalue weighted by Crippen LogP contribution is -3.00. The van der Waals surface area contributed by atoms with Crippen LogP contribution in [-0.2, 0) is 12.0 Å². The van der Waals surface area contributed by atoms with Gasteiger partial charge in [-0.25, -0.2) is 0 Å². The minimum Gasteiger partial charge on any atom is -1.00 e. The molecule has 0 aliphatic rings. The molecule has 230 valence electrons. The largest absolute Gasteiger partial charge is 1.00 e. The Morgan fingerprint density at radius 1 is 0.513 bits per heavy atom. The molecular formula is C37H70ClN. The number of rotatable bonds is 26. The van der Waals surface area contributed by atoms with Gasteiger partial charge < -0.3 is 16.9 Å². The Morgan fingerprint density at radius 2 is 0.923 bits per heavy atom. The zero-order chi connectivity index (χ0) is 28.0. The number of aryl methyl sites for hydroxylation is 1. The summed E-state index contributed by atoms with van der Waals surface area (Å²) in [4.78, 5) is 0.